The third-order valence-electron chi connectivity index (χ3n) is 8.29. The van der Waals surface area contributed by atoms with E-state index < -0.39 is 21.3 Å². The Morgan fingerprint density at radius 3 is 1.56 bits per heavy atom. The molecule has 0 heterocycles. The molecule has 0 aromatic heterocycles. The summed E-state index contributed by atoms with van der Waals surface area (Å²) in [6.07, 6.45) is 6.47. The van der Waals surface area contributed by atoms with Crippen LogP contribution in [0.4, 0.5) is 0 Å². The van der Waals surface area contributed by atoms with Crippen LogP contribution < -0.4 is 0 Å². The number of benzene rings is 2. The first-order valence-electron chi connectivity index (χ1n) is 13.9. The van der Waals surface area contributed by atoms with Gasteiger partial charge in [-0.2, -0.15) is 0 Å². The monoisotopic (exact) mass is 558 g/mol. The van der Waals surface area contributed by atoms with Gasteiger partial charge in [0, 0.05) is 0 Å². The summed E-state index contributed by atoms with van der Waals surface area (Å²) in [7, 11) is 0. The predicted octanol–water partition coefficient (Wildman–Crippen LogP) is 10.1. The fourth-order valence-electron chi connectivity index (χ4n) is 5.95. The van der Waals surface area contributed by atoms with Crippen LogP contribution in [0, 0.1) is 11.3 Å². The average Bonchev–Trinajstić information content (AvgIpc) is 3.32. The second-order valence-electron chi connectivity index (χ2n) is 14.4. The molecule has 1 unspecified atom stereocenters. The molecule has 2 aromatic rings. The topological polar surface area (TPSA) is 0 Å². The van der Waals surface area contributed by atoms with E-state index in [1.165, 1.54) is 28.7 Å². The summed E-state index contributed by atoms with van der Waals surface area (Å²) in [5.74, 6) is 0.610. The average molecular weight is 560 g/mol. The zero-order valence-corrected chi connectivity index (χ0v) is 27.4. The first-order chi connectivity index (χ1) is 16.5. The molecule has 2 aliphatic carbocycles. The molecule has 0 saturated carbocycles. The minimum atomic E-state index is -2.24. The van der Waals surface area contributed by atoms with Gasteiger partial charge in [-0.15, -0.1) is 0 Å². The Balaban J connectivity index is 1.98. The summed E-state index contributed by atoms with van der Waals surface area (Å²) in [6, 6.07) is 14.9. The fourth-order valence-corrected chi connectivity index (χ4v) is 14.8. The quantitative estimate of drug-likeness (QED) is 0.351. The van der Waals surface area contributed by atoms with Crippen LogP contribution in [0.2, 0.25) is 0 Å². The number of fused-ring (bicyclic) bond motifs is 3. The molecular weight excluding hydrogens is 512 g/mol. The maximum atomic E-state index is 2.65. The van der Waals surface area contributed by atoms with Gasteiger partial charge in [0.05, 0.1) is 0 Å². The fraction of sp³-hybridized carbons (Fsp3) is 0.514. The summed E-state index contributed by atoms with van der Waals surface area (Å²) in [4.78, 5) is 0. The van der Waals surface area contributed by atoms with E-state index in [-0.39, 0.29) is 16.2 Å². The Bertz CT molecular complexity index is 1210. The molecule has 0 spiro atoms. The summed E-state index contributed by atoms with van der Waals surface area (Å²) < 4.78 is 4.10. The number of hydrogen-bond donors (Lipinski definition) is 0. The van der Waals surface area contributed by atoms with Crippen LogP contribution in [-0.4, -0.2) is 3.21 Å². The van der Waals surface area contributed by atoms with Gasteiger partial charge in [-0.05, 0) is 0 Å². The Hall–Kier alpha value is -1.33. The van der Waals surface area contributed by atoms with Gasteiger partial charge in [-0.1, -0.05) is 0 Å². The molecule has 2 aromatic carbocycles. The van der Waals surface area contributed by atoms with Gasteiger partial charge in [0.2, 0.25) is 0 Å². The van der Waals surface area contributed by atoms with Crippen LogP contribution in [0.25, 0.3) is 11.1 Å². The summed E-state index contributed by atoms with van der Waals surface area (Å²) in [6.45, 7) is 28.4. The van der Waals surface area contributed by atoms with Crippen molar-refractivity contribution < 1.29 is 21.3 Å². The van der Waals surface area contributed by atoms with Gasteiger partial charge in [-0.3, -0.25) is 0 Å². The Labute approximate surface area is 229 Å². The third-order valence-corrected chi connectivity index (χ3v) is 16.7. The Kier molecular flexibility index (Phi) is 7.27. The molecule has 0 nitrogen and oxygen atoms in total. The van der Waals surface area contributed by atoms with Gasteiger partial charge in [0.15, 0.2) is 0 Å². The third kappa shape index (κ3) is 5.04. The van der Waals surface area contributed by atoms with Crippen LogP contribution in [-0.2, 0) is 32.1 Å². The van der Waals surface area contributed by atoms with Crippen molar-refractivity contribution >= 4 is 3.21 Å². The molecular formula is C35H48Zr. The van der Waals surface area contributed by atoms with E-state index >= 15 is 0 Å². The molecule has 2 aliphatic rings. The van der Waals surface area contributed by atoms with Crippen molar-refractivity contribution in [3.63, 3.8) is 0 Å². The van der Waals surface area contributed by atoms with Gasteiger partial charge in [-0.25, -0.2) is 0 Å². The molecule has 1 atom stereocenters. The van der Waals surface area contributed by atoms with E-state index in [4.69, 9.17) is 0 Å². The normalized spacial score (nSPS) is 18.1. The van der Waals surface area contributed by atoms with Gasteiger partial charge in [0.1, 0.15) is 0 Å². The van der Waals surface area contributed by atoms with Crippen LogP contribution >= 0.6 is 0 Å². The van der Waals surface area contributed by atoms with Crippen molar-refractivity contribution in [2.24, 2.45) is 11.3 Å². The summed E-state index contributed by atoms with van der Waals surface area (Å²) in [5.41, 5.74) is 11.1. The van der Waals surface area contributed by atoms with Gasteiger partial charge < -0.3 is 0 Å². The Morgan fingerprint density at radius 1 is 0.722 bits per heavy atom. The van der Waals surface area contributed by atoms with Crippen molar-refractivity contribution in [1.29, 1.82) is 0 Å². The van der Waals surface area contributed by atoms with E-state index in [0.29, 0.717) is 9.54 Å². The van der Waals surface area contributed by atoms with E-state index in [9.17, 15) is 0 Å². The molecule has 0 N–H and O–H groups in total. The van der Waals surface area contributed by atoms with Crippen molar-refractivity contribution in [2.45, 2.75) is 104 Å². The van der Waals surface area contributed by atoms with Crippen LogP contribution in [0.3, 0.4) is 0 Å². The van der Waals surface area contributed by atoms with E-state index in [0.717, 1.165) is 0 Å². The number of rotatable bonds is 3. The molecule has 0 saturated heterocycles. The van der Waals surface area contributed by atoms with Gasteiger partial charge >= 0.3 is 231 Å². The molecule has 0 fully saturated rings. The SMILES string of the molecule is CCC1C=C(C(C)(C)C)C=[C]1[Zr](=[C](C)C)[CH]1c2ccc(C(C)(C)C)cc2-c2cc(C(C)(C)C)ccc21. The summed E-state index contributed by atoms with van der Waals surface area (Å²) in [5, 5.41) is 0. The Morgan fingerprint density at radius 2 is 1.19 bits per heavy atom. The molecule has 0 amide bonds. The van der Waals surface area contributed by atoms with E-state index in [1.807, 2.05) is 3.28 Å². The molecule has 0 aliphatic heterocycles. The van der Waals surface area contributed by atoms with Gasteiger partial charge in [0.25, 0.3) is 0 Å². The van der Waals surface area contributed by atoms with Crippen molar-refractivity contribution in [3.8, 4) is 11.1 Å². The van der Waals surface area contributed by atoms with Crippen LogP contribution in [0.5, 0.6) is 0 Å². The van der Waals surface area contributed by atoms with Crippen LogP contribution in [0.1, 0.15) is 115 Å². The van der Waals surface area contributed by atoms with E-state index in [2.05, 4.69) is 132 Å². The molecule has 0 bridgehead atoms. The van der Waals surface area contributed by atoms with E-state index in [1.54, 1.807) is 19.9 Å². The second-order valence-corrected chi connectivity index (χ2v) is 21.8. The number of hydrogen-bond acceptors (Lipinski definition) is 0. The minimum absolute atomic E-state index is 0.149. The molecule has 1 heteroatoms. The maximum absolute atomic E-state index is 2.65. The molecule has 192 valence electrons. The standard InChI is InChI=1S/C21H25.C11H17.C3H6.Zr/c1-20(2,3)16-9-7-14-11-15-8-10-17(21(4,5)6)13-19(15)18(14)12-16;1-5-9-6-7-10(8-9)11(2,3)4;1-3-2;/h7-13H,1-6H3;7-9H,5H2,1-4H3;1-2H3;. The first-order valence-corrected chi connectivity index (χ1v) is 17.8. The predicted molar refractivity (Wildman–Crippen MR) is 157 cm³/mol. The zero-order chi connectivity index (χ0) is 26.8. The number of allylic oxidation sites excluding steroid dienone is 4. The first kappa shape index (κ1) is 27.7. The second kappa shape index (κ2) is 9.45. The van der Waals surface area contributed by atoms with Crippen molar-refractivity contribution in [1.82, 2.24) is 0 Å². The van der Waals surface area contributed by atoms with Crippen LogP contribution in [0.15, 0.2) is 57.4 Å². The molecule has 36 heavy (non-hydrogen) atoms. The van der Waals surface area contributed by atoms with Crippen molar-refractivity contribution in [3.05, 3.63) is 79.7 Å². The molecule has 0 radical (unpaired) electrons. The van der Waals surface area contributed by atoms with Crippen molar-refractivity contribution in [2.75, 3.05) is 0 Å². The summed E-state index contributed by atoms with van der Waals surface area (Å²) >= 11 is -2.24. The molecule has 4 rings (SSSR count). The zero-order valence-electron chi connectivity index (χ0n) is 25.0.